The van der Waals surface area contributed by atoms with Crippen molar-refractivity contribution >= 4 is 0 Å². The van der Waals surface area contributed by atoms with E-state index in [1.165, 1.54) is 37.7 Å². The third kappa shape index (κ3) is 1.31. The van der Waals surface area contributed by atoms with Gasteiger partial charge in [-0.05, 0) is 43.6 Å². The van der Waals surface area contributed by atoms with Gasteiger partial charge in [-0.15, -0.1) is 0 Å². The first-order chi connectivity index (χ1) is 5.79. The Kier molecular flexibility index (Phi) is 2.22. The van der Waals surface area contributed by atoms with E-state index in [1.54, 1.807) is 5.57 Å². The molecule has 0 bridgehead atoms. The SMILES string of the molecule is CC1C[C@H](O)C2=C1CCCCC2. The molecule has 2 aliphatic rings. The Morgan fingerprint density at radius 2 is 1.75 bits per heavy atom. The molecule has 2 rings (SSSR count). The fraction of sp³-hybridized carbons (Fsp3) is 0.818. The molecule has 0 amide bonds. The molecular formula is C11H18O. The summed E-state index contributed by atoms with van der Waals surface area (Å²) in [4.78, 5) is 0. The highest BCUT2D eigenvalue weighted by Crippen LogP contribution is 2.39. The van der Waals surface area contributed by atoms with Gasteiger partial charge in [-0.25, -0.2) is 0 Å². The first kappa shape index (κ1) is 8.31. The third-order valence-corrected chi connectivity index (χ3v) is 3.38. The topological polar surface area (TPSA) is 20.2 Å². The minimum absolute atomic E-state index is 0.0897. The van der Waals surface area contributed by atoms with Crippen LogP contribution >= 0.6 is 0 Å². The Hall–Kier alpha value is -0.300. The van der Waals surface area contributed by atoms with E-state index in [1.807, 2.05) is 0 Å². The molecule has 0 aromatic heterocycles. The predicted octanol–water partition coefficient (Wildman–Crippen LogP) is 2.65. The van der Waals surface area contributed by atoms with Gasteiger partial charge in [0.2, 0.25) is 0 Å². The van der Waals surface area contributed by atoms with Crippen LogP contribution < -0.4 is 0 Å². The largest absolute Gasteiger partial charge is 0.389 e. The van der Waals surface area contributed by atoms with Crippen molar-refractivity contribution in [3.05, 3.63) is 11.1 Å². The van der Waals surface area contributed by atoms with E-state index in [-0.39, 0.29) is 6.10 Å². The zero-order valence-corrected chi connectivity index (χ0v) is 7.84. The lowest BCUT2D eigenvalue weighted by Crippen LogP contribution is -2.05. The maximum Gasteiger partial charge on any atom is 0.0758 e. The third-order valence-electron chi connectivity index (χ3n) is 3.38. The van der Waals surface area contributed by atoms with E-state index in [4.69, 9.17) is 0 Å². The molecular weight excluding hydrogens is 148 g/mol. The van der Waals surface area contributed by atoms with Gasteiger partial charge in [-0.1, -0.05) is 18.9 Å². The highest BCUT2D eigenvalue weighted by Gasteiger charge is 2.29. The van der Waals surface area contributed by atoms with Crippen LogP contribution in [-0.2, 0) is 0 Å². The average molecular weight is 166 g/mol. The van der Waals surface area contributed by atoms with E-state index in [9.17, 15) is 5.11 Å². The molecule has 0 heterocycles. The molecule has 12 heavy (non-hydrogen) atoms. The van der Waals surface area contributed by atoms with Crippen LogP contribution in [0.5, 0.6) is 0 Å². The zero-order chi connectivity index (χ0) is 8.55. The van der Waals surface area contributed by atoms with Crippen LogP contribution in [0.2, 0.25) is 0 Å². The van der Waals surface area contributed by atoms with Crippen molar-refractivity contribution in [2.24, 2.45) is 5.92 Å². The molecule has 68 valence electrons. The summed E-state index contributed by atoms with van der Waals surface area (Å²) in [6.07, 6.45) is 7.32. The van der Waals surface area contributed by atoms with Gasteiger partial charge in [0.25, 0.3) is 0 Å². The summed E-state index contributed by atoms with van der Waals surface area (Å²) in [6, 6.07) is 0. The van der Waals surface area contributed by atoms with Crippen molar-refractivity contribution in [3.63, 3.8) is 0 Å². The maximum atomic E-state index is 9.76. The number of hydrogen-bond donors (Lipinski definition) is 1. The van der Waals surface area contributed by atoms with Crippen LogP contribution in [-0.4, -0.2) is 11.2 Å². The lowest BCUT2D eigenvalue weighted by Gasteiger charge is -2.06. The summed E-state index contributed by atoms with van der Waals surface area (Å²) in [5.41, 5.74) is 3.00. The smallest absolute Gasteiger partial charge is 0.0758 e. The van der Waals surface area contributed by atoms with Gasteiger partial charge in [0.05, 0.1) is 6.10 Å². The predicted molar refractivity (Wildman–Crippen MR) is 49.9 cm³/mol. The van der Waals surface area contributed by atoms with Gasteiger partial charge < -0.3 is 5.11 Å². The first-order valence-electron chi connectivity index (χ1n) is 5.19. The van der Waals surface area contributed by atoms with Crippen LogP contribution in [0, 0.1) is 5.92 Å². The Labute approximate surface area is 74.5 Å². The second kappa shape index (κ2) is 3.21. The van der Waals surface area contributed by atoms with Crippen molar-refractivity contribution in [1.82, 2.24) is 0 Å². The molecule has 0 aliphatic heterocycles. The monoisotopic (exact) mass is 166 g/mol. The van der Waals surface area contributed by atoms with E-state index in [0.29, 0.717) is 5.92 Å². The summed E-state index contributed by atoms with van der Waals surface area (Å²) in [7, 11) is 0. The molecule has 0 saturated carbocycles. The summed E-state index contributed by atoms with van der Waals surface area (Å²) < 4.78 is 0. The standard InChI is InChI=1S/C11H18O/c1-8-7-11(12)10-6-4-2-3-5-9(8)10/h8,11-12H,2-7H2,1H3/t8?,11-/m0/s1. The number of allylic oxidation sites excluding steroid dienone is 1. The lowest BCUT2D eigenvalue weighted by atomic mass is 9.99. The molecule has 1 N–H and O–H groups in total. The molecule has 1 heteroatoms. The van der Waals surface area contributed by atoms with E-state index in [2.05, 4.69) is 6.92 Å². The van der Waals surface area contributed by atoms with Crippen molar-refractivity contribution in [3.8, 4) is 0 Å². The second-order valence-electron chi connectivity index (χ2n) is 4.26. The molecule has 0 aromatic rings. The van der Waals surface area contributed by atoms with Crippen LogP contribution in [0.3, 0.4) is 0 Å². The molecule has 2 atom stereocenters. The first-order valence-corrected chi connectivity index (χ1v) is 5.19. The molecule has 0 saturated heterocycles. The summed E-state index contributed by atoms with van der Waals surface area (Å²) >= 11 is 0. The van der Waals surface area contributed by atoms with Gasteiger partial charge in [0.1, 0.15) is 0 Å². The molecule has 0 radical (unpaired) electrons. The highest BCUT2D eigenvalue weighted by atomic mass is 16.3. The Morgan fingerprint density at radius 3 is 2.50 bits per heavy atom. The van der Waals surface area contributed by atoms with Crippen molar-refractivity contribution in [2.75, 3.05) is 0 Å². The molecule has 1 nitrogen and oxygen atoms in total. The molecule has 0 fully saturated rings. The Bertz CT molecular complexity index is 185. The highest BCUT2D eigenvalue weighted by molar-refractivity contribution is 5.27. The Balaban J connectivity index is 2.21. The average Bonchev–Trinajstić information content (AvgIpc) is 2.29. The summed E-state index contributed by atoms with van der Waals surface area (Å²) in [5, 5.41) is 9.76. The fourth-order valence-corrected chi connectivity index (χ4v) is 2.69. The molecule has 0 spiro atoms. The molecule has 0 aromatic carbocycles. The minimum Gasteiger partial charge on any atom is -0.389 e. The van der Waals surface area contributed by atoms with Crippen LogP contribution in [0.25, 0.3) is 0 Å². The minimum atomic E-state index is -0.0897. The maximum absolute atomic E-state index is 9.76. The van der Waals surface area contributed by atoms with Gasteiger partial charge in [0.15, 0.2) is 0 Å². The van der Waals surface area contributed by atoms with E-state index >= 15 is 0 Å². The van der Waals surface area contributed by atoms with Crippen molar-refractivity contribution < 1.29 is 5.11 Å². The lowest BCUT2D eigenvalue weighted by molar-refractivity contribution is 0.198. The molecule has 1 unspecified atom stereocenters. The Morgan fingerprint density at radius 1 is 1.08 bits per heavy atom. The van der Waals surface area contributed by atoms with Crippen molar-refractivity contribution in [2.45, 2.75) is 51.6 Å². The van der Waals surface area contributed by atoms with E-state index < -0.39 is 0 Å². The van der Waals surface area contributed by atoms with Gasteiger partial charge in [-0.3, -0.25) is 0 Å². The number of hydrogen-bond acceptors (Lipinski definition) is 1. The van der Waals surface area contributed by atoms with E-state index in [0.717, 1.165) is 6.42 Å². The van der Waals surface area contributed by atoms with Crippen LogP contribution in [0.4, 0.5) is 0 Å². The van der Waals surface area contributed by atoms with Crippen molar-refractivity contribution in [1.29, 1.82) is 0 Å². The molecule has 2 aliphatic carbocycles. The second-order valence-corrected chi connectivity index (χ2v) is 4.26. The van der Waals surface area contributed by atoms with Gasteiger partial charge in [0, 0.05) is 0 Å². The van der Waals surface area contributed by atoms with Gasteiger partial charge in [-0.2, -0.15) is 0 Å². The normalized spacial score (nSPS) is 36.5. The zero-order valence-electron chi connectivity index (χ0n) is 7.84. The summed E-state index contributed by atoms with van der Waals surface area (Å²) in [5.74, 6) is 0.660. The van der Waals surface area contributed by atoms with Crippen LogP contribution in [0.15, 0.2) is 11.1 Å². The summed E-state index contributed by atoms with van der Waals surface area (Å²) in [6.45, 7) is 2.26. The quantitative estimate of drug-likeness (QED) is 0.548. The number of aliphatic hydroxyl groups is 1. The van der Waals surface area contributed by atoms with Crippen LogP contribution in [0.1, 0.15) is 45.4 Å². The van der Waals surface area contributed by atoms with Gasteiger partial charge >= 0.3 is 0 Å². The number of aliphatic hydroxyl groups excluding tert-OH is 1. The fourth-order valence-electron chi connectivity index (χ4n) is 2.69. The number of rotatable bonds is 0.